The molecule has 5 rings (SSSR count). The van der Waals surface area contributed by atoms with Crippen LogP contribution in [0.2, 0.25) is 0 Å². The molecule has 1 nitrogen and oxygen atoms in total. The first kappa shape index (κ1) is 76.2. The molecule has 0 saturated heterocycles. The molecule has 498 valence electrons. The predicted octanol–water partition coefficient (Wildman–Crippen LogP) is 19.9. The van der Waals surface area contributed by atoms with Crippen LogP contribution < -0.4 is 26.8 Å². The quantitative estimate of drug-likeness (QED) is 0.0131. The van der Waals surface area contributed by atoms with E-state index in [0.29, 0.717) is 0 Å². The molecule has 0 unspecified atom stereocenters. The van der Waals surface area contributed by atoms with Crippen LogP contribution in [0.5, 0.6) is 0 Å². The molecule has 0 aromatic heterocycles. The Labute approximate surface area is 510 Å². The van der Waals surface area contributed by atoms with Gasteiger partial charge in [-0.15, -0.1) is 21.9 Å². The fraction of sp³-hybridized carbons (Fsp3) is 0.552. The average molecular weight is 1290 g/mol. The highest BCUT2D eigenvalue weighted by Crippen LogP contribution is 2.31. The van der Waals surface area contributed by atoms with Gasteiger partial charge in [0, 0.05) is 5.56 Å². The van der Waals surface area contributed by atoms with Crippen molar-refractivity contribution in [1.29, 1.82) is 0 Å². The maximum absolute atomic E-state index is 15.4. The number of hydrogen-bond donors (Lipinski definition) is 1. The van der Waals surface area contributed by atoms with Crippen LogP contribution in [0, 0.1) is 123 Å². The average Bonchev–Trinajstić information content (AvgIpc) is 0.689. The summed E-state index contributed by atoms with van der Waals surface area (Å²) in [7, 11) is 0. The monoisotopic (exact) mass is 1290 g/mol. The largest absolute Gasteiger partial charge is 0.302 e. The predicted molar refractivity (Wildman–Crippen MR) is 310 cm³/mol. The lowest BCUT2D eigenvalue weighted by Crippen LogP contribution is -3.07. The van der Waals surface area contributed by atoms with E-state index in [1.165, 1.54) is 224 Å². The Hall–Kier alpha value is -5.28. The second-order valence-electron chi connectivity index (χ2n) is 23.3. The zero-order valence-corrected chi connectivity index (χ0v) is 51.0. The van der Waals surface area contributed by atoms with E-state index in [1.807, 2.05) is 0 Å². The number of aryl methyl sites for hydroxylation is 1. The summed E-state index contributed by atoms with van der Waals surface area (Å²) in [6, 6.07) is 9.17. The lowest BCUT2D eigenvalue weighted by atomic mass is 9.12. The fourth-order valence-electron chi connectivity index (χ4n) is 12.0. The van der Waals surface area contributed by atoms with Crippen LogP contribution in [-0.2, 0) is 0 Å². The summed E-state index contributed by atoms with van der Waals surface area (Å²) in [5, 5.41) is 0. The minimum absolute atomic E-state index is 1.32. The first-order chi connectivity index (χ1) is 42.5. The standard InChI is InChI=1S/C43H81N.C24BF20/c1-4-6-8-10-12-14-16-18-20-22-24-26-28-30-32-36-40-44(43-39-35-34-38-42(43)3)41-37-33-31-29-27-25-23-21-19-17-15-13-11-9-7-5-2;26-5-1(6(27)14(35)21(42)13(5)34)25(2-7(28)15(36)22(43)16(37)8(2)29,3-9(30)17(38)23(44)18(39)10(3)31)4-11(32)19(40)24(45)20(41)12(4)33/h34-35,38-39H,4-33,36-37,40-41H2,1-3H3;/q;-1/p+1. The molecule has 22 heteroatoms. The van der Waals surface area contributed by atoms with Gasteiger partial charge in [0.1, 0.15) is 58.4 Å². The fourth-order valence-corrected chi connectivity index (χ4v) is 12.0. The number of hydrogen-bond acceptors (Lipinski definition) is 0. The molecule has 0 fully saturated rings. The van der Waals surface area contributed by atoms with Crippen molar-refractivity contribution in [2.45, 2.75) is 226 Å². The smallest absolute Gasteiger partial charge is 0.200 e. The molecule has 89 heavy (non-hydrogen) atoms. The van der Waals surface area contributed by atoms with Crippen LogP contribution in [0.1, 0.15) is 225 Å². The van der Waals surface area contributed by atoms with Crippen LogP contribution in [-0.4, -0.2) is 19.2 Å². The number of para-hydroxylation sites is 1. The van der Waals surface area contributed by atoms with Crippen LogP contribution in [0.4, 0.5) is 93.5 Å². The van der Waals surface area contributed by atoms with E-state index in [0.717, 1.165) is 0 Å². The summed E-state index contributed by atoms with van der Waals surface area (Å²) in [5.41, 5.74) is -11.3. The minimum atomic E-state index is -7.22. The molecular formula is C67H82BF20N. The molecule has 0 amide bonds. The molecule has 0 heterocycles. The van der Waals surface area contributed by atoms with Crippen LogP contribution in [0.3, 0.4) is 0 Å². The van der Waals surface area contributed by atoms with Crippen molar-refractivity contribution in [3.05, 3.63) is 146 Å². The summed E-state index contributed by atoms with van der Waals surface area (Å²) in [4.78, 5) is 1.75. The van der Waals surface area contributed by atoms with Gasteiger partial charge in [0.2, 0.25) is 0 Å². The molecule has 0 atom stereocenters. The summed E-state index contributed by atoms with van der Waals surface area (Å²) in [5.74, 6) is -71.4. The Morgan fingerprint density at radius 2 is 0.404 bits per heavy atom. The van der Waals surface area contributed by atoms with Crippen molar-refractivity contribution in [2.75, 3.05) is 13.1 Å². The molecule has 0 saturated carbocycles. The zero-order chi connectivity index (χ0) is 66.0. The van der Waals surface area contributed by atoms with Gasteiger partial charge >= 0.3 is 0 Å². The number of rotatable bonds is 39. The molecule has 0 aliphatic carbocycles. The van der Waals surface area contributed by atoms with E-state index in [1.54, 1.807) is 10.6 Å². The number of benzene rings is 5. The Morgan fingerprint density at radius 3 is 0.596 bits per heavy atom. The van der Waals surface area contributed by atoms with E-state index < -0.39 is 144 Å². The Bertz CT molecular complexity index is 2590. The van der Waals surface area contributed by atoms with Crippen molar-refractivity contribution < 1.29 is 92.7 Å². The third-order valence-corrected chi connectivity index (χ3v) is 16.9. The Kier molecular flexibility index (Phi) is 33.0. The van der Waals surface area contributed by atoms with E-state index in [2.05, 4.69) is 45.0 Å². The van der Waals surface area contributed by atoms with Gasteiger partial charge in [-0.2, -0.15) is 0 Å². The third kappa shape index (κ3) is 19.6. The third-order valence-electron chi connectivity index (χ3n) is 16.9. The first-order valence-electron chi connectivity index (χ1n) is 31.6. The van der Waals surface area contributed by atoms with Gasteiger partial charge in [0.05, 0.1) is 13.1 Å². The van der Waals surface area contributed by atoms with Crippen molar-refractivity contribution in [1.82, 2.24) is 0 Å². The zero-order valence-electron chi connectivity index (χ0n) is 51.0. The van der Waals surface area contributed by atoms with Gasteiger partial charge in [-0.05, 0) is 38.7 Å². The normalized spacial score (nSPS) is 11.8. The van der Waals surface area contributed by atoms with E-state index >= 15 is 35.1 Å². The molecule has 0 aliphatic rings. The SMILES string of the molecule is CCCCCCCCCCCCCCCCCC[NH+](CCCCCCCCCCCCCCCCCC)c1ccccc1C.Fc1c(F)c(F)c([B-](c2c(F)c(F)c(F)c(F)c2F)(c2c(F)c(F)c(F)c(F)c2F)c2c(F)c(F)c(F)c(F)c2F)c(F)c1F. The second-order valence-corrected chi connectivity index (χ2v) is 23.3. The molecule has 5 aromatic carbocycles. The molecule has 0 bridgehead atoms. The maximum Gasteiger partial charge on any atom is 0.200 e. The van der Waals surface area contributed by atoms with E-state index in [9.17, 15) is 52.7 Å². The molecular weight excluding hydrogens is 1210 g/mol. The van der Waals surface area contributed by atoms with Crippen LogP contribution in [0.25, 0.3) is 0 Å². The van der Waals surface area contributed by atoms with Crippen molar-refractivity contribution in [3.8, 4) is 0 Å². The first-order valence-corrected chi connectivity index (χ1v) is 31.6. The lowest BCUT2D eigenvalue weighted by molar-refractivity contribution is -0.833. The van der Waals surface area contributed by atoms with E-state index in [-0.39, 0.29) is 0 Å². The summed E-state index contributed by atoms with van der Waals surface area (Å²) >= 11 is 0. The van der Waals surface area contributed by atoms with Gasteiger partial charge < -0.3 is 4.90 Å². The number of unbranched alkanes of at least 4 members (excludes halogenated alkanes) is 30. The van der Waals surface area contributed by atoms with Crippen molar-refractivity contribution in [2.24, 2.45) is 0 Å². The summed E-state index contributed by atoms with van der Waals surface area (Å²) in [6.45, 7) is 9.58. The highest BCUT2D eigenvalue weighted by molar-refractivity contribution is 7.20. The summed E-state index contributed by atoms with van der Waals surface area (Å²) in [6.07, 6.45) is 39.2. The van der Waals surface area contributed by atoms with Gasteiger partial charge in [0.25, 0.3) is 0 Å². The van der Waals surface area contributed by atoms with Crippen molar-refractivity contribution >= 4 is 33.7 Å². The second kappa shape index (κ2) is 38.5. The summed E-state index contributed by atoms with van der Waals surface area (Å²) < 4.78 is 294. The lowest BCUT2D eigenvalue weighted by Gasteiger charge is -2.44. The molecule has 1 N–H and O–H groups in total. The van der Waals surface area contributed by atoms with Gasteiger partial charge in [-0.25, -0.2) is 87.8 Å². The minimum Gasteiger partial charge on any atom is -0.302 e. The van der Waals surface area contributed by atoms with Crippen LogP contribution >= 0.6 is 0 Å². The number of quaternary nitrogens is 1. The number of nitrogens with one attached hydrogen (secondary N) is 1. The maximum atomic E-state index is 15.4. The van der Waals surface area contributed by atoms with Crippen molar-refractivity contribution in [3.63, 3.8) is 0 Å². The number of halogens is 20. The Balaban J connectivity index is 0.000000381. The molecule has 5 aromatic rings. The van der Waals surface area contributed by atoms with Gasteiger partial charge in [-0.1, -0.05) is 212 Å². The van der Waals surface area contributed by atoms with Gasteiger partial charge in [0.15, 0.2) is 69.8 Å². The topological polar surface area (TPSA) is 4.44 Å². The van der Waals surface area contributed by atoms with Gasteiger partial charge in [-0.3, -0.25) is 0 Å². The molecule has 0 spiro atoms. The highest BCUT2D eigenvalue weighted by Gasteiger charge is 2.52. The van der Waals surface area contributed by atoms with E-state index in [4.69, 9.17) is 0 Å². The Morgan fingerprint density at radius 1 is 0.236 bits per heavy atom. The molecule has 0 radical (unpaired) electrons. The molecule has 0 aliphatic heterocycles. The van der Waals surface area contributed by atoms with Crippen LogP contribution in [0.15, 0.2) is 24.3 Å². The highest BCUT2D eigenvalue weighted by atomic mass is 19.2.